The number of ether oxygens (including phenoxy) is 1. The maximum absolute atomic E-state index is 12.9. The van der Waals surface area contributed by atoms with E-state index >= 15 is 0 Å². The molecule has 0 bridgehead atoms. The molecular weight excluding hydrogens is 379 g/mol. The number of carbonyl (C=O) groups excluding carboxylic acids is 1. The van der Waals surface area contributed by atoms with Gasteiger partial charge in [-0.3, -0.25) is 4.79 Å². The molecule has 1 aliphatic heterocycles. The van der Waals surface area contributed by atoms with Gasteiger partial charge in [0.15, 0.2) is 0 Å². The van der Waals surface area contributed by atoms with E-state index in [0.29, 0.717) is 32.5 Å². The first-order chi connectivity index (χ1) is 13.3. The first-order valence-corrected chi connectivity index (χ1v) is 8.38. The Balaban J connectivity index is 1.79. The molecule has 0 radical (unpaired) electrons. The second kappa shape index (κ2) is 7.89. The van der Waals surface area contributed by atoms with Gasteiger partial charge in [-0.25, -0.2) is 4.98 Å². The lowest BCUT2D eigenvalue weighted by atomic mass is 10.1. The van der Waals surface area contributed by atoms with Crippen molar-refractivity contribution in [1.82, 2.24) is 14.9 Å². The molecule has 150 valence electrons. The molecule has 2 aromatic rings. The van der Waals surface area contributed by atoms with Crippen molar-refractivity contribution in [2.75, 3.05) is 44.0 Å². The van der Waals surface area contributed by atoms with Crippen LogP contribution in [0.15, 0.2) is 24.4 Å². The Bertz CT molecular complexity index is 870. The number of alkyl halides is 3. The highest BCUT2D eigenvalue weighted by Crippen LogP contribution is 2.34. The van der Waals surface area contributed by atoms with Crippen molar-refractivity contribution >= 4 is 23.4 Å². The molecule has 8 nitrogen and oxygen atoms in total. The van der Waals surface area contributed by atoms with Crippen LogP contribution in [0.2, 0.25) is 0 Å². The van der Waals surface area contributed by atoms with Gasteiger partial charge in [0.05, 0.1) is 18.9 Å². The molecule has 1 amide bonds. The van der Waals surface area contributed by atoms with E-state index in [1.807, 2.05) is 0 Å². The highest BCUT2D eigenvalue weighted by molar-refractivity contribution is 5.95. The van der Waals surface area contributed by atoms with Crippen molar-refractivity contribution in [2.24, 2.45) is 0 Å². The van der Waals surface area contributed by atoms with E-state index in [9.17, 15) is 23.1 Å². The zero-order valence-electron chi connectivity index (χ0n) is 14.9. The van der Waals surface area contributed by atoms with Crippen LogP contribution >= 0.6 is 0 Å². The van der Waals surface area contributed by atoms with E-state index in [1.54, 1.807) is 4.90 Å². The first kappa shape index (κ1) is 19.7. The van der Waals surface area contributed by atoms with Crippen LogP contribution in [0.5, 0.6) is 5.75 Å². The lowest BCUT2D eigenvalue weighted by molar-refractivity contribution is -0.137. The highest BCUT2D eigenvalue weighted by Gasteiger charge is 2.35. The van der Waals surface area contributed by atoms with Crippen LogP contribution in [0.1, 0.15) is 15.9 Å². The molecule has 11 heteroatoms. The number of morpholine rings is 1. The maximum atomic E-state index is 12.9. The summed E-state index contributed by atoms with van der Waals surface area (Å²) >= 11 is 0. The number of hydrogen-bond acceptors (Lipinski definition) is 7. The number of phenolic OH excluding ortho intramolecular Hbond substituents is 1. The quantitative estimate of drug-likeness (QED) is 0.682. The Hall–Kier alpha value is -3.08. The van der Waals surface area contributed by atoms with Gasteiger partial charge in [-0.05, 0) is 18.2 Å². The minimum absolute atomic E-state index is 0.139. The second-order valence-corrected chi connectivity index (χ2v) is 5.97. The molecule has 0 saturated carbocycles. The lowest BCUT2D eigenvalue weighted by Gasteiger charge is -2.27. The molecule has 28 heavy (non-hydrogen) atoms. The number of benzene rings is 1. The number of rotatable bonds is 4. The summed E-state index contributed by atoms with van der Waals surface area (Å²) in [6.45, 7) is 1.84. The molecule has 1 saturated heterocycles. The Labute approximate surface area is 158 Å². The van der Waals surface area contributed by atoms with Crippen molar-refractivity contribution in [1.29, 1.82) is 0 Å². The van der Waals surface area contributed by atoms with Crippen LogP contribution in [0.4, 0.5) is 30.6 Å². The number of hydrogen-bond donors (Lipinski definition) is 3. The predicted molar refractivity (Wildman–Crippen MR) is 94.7 cm³/mol. The molecule has 0 spiro atoms. The number of nitrogens with zero attached hydrogens (tertiary/aromatic N) is 3. The highest BCUT2D eigenvalue weighted by atomic mass is 19.4. The van der Waals surface area contributed by atoms with Crippen LogP contribution in [0.3, 0.4) is 0 Å². The molecule has 0 aliphatic carbocycles. The standard InChI is InChI=1S/C17H18F3N5O3/c1-21-14-11(17(18,19)20)9-22-16(24-14)23-12-3-2-10(8-13(12)26)15(27)25-4-6-28-7-5-25/h2-3,8-9,26H,4-7H2,1H3,(H2,21,22,23,24). The zero-order chi connectivity index (χ0) is 20.3. The van der Waals surface area contributed by atoms with Crippen molar-refractivity contribution in [3.05, 3.63) is 35.5 Å². The van der Waals surface area contributed by atoms with Crippen LogP contribution < -0.4 is 10.6 Å². The molecule has 3 N–H and O–H groups in total. The van der Waals surface area contributed by atoms with E-state index in [1.165, 1.54) is 25.2 Å². The fraction of sp³-hybridized carbons (Fsp3) is 0.353. The van der Waals surface area contributed by atoms with E-state index in [4.69, 9.17) is 4.74 Å². The van der Waals surface area contributed by atoms with Gasteiger partial charge in [0.1, 0.15) is 17.1 Å². The van der Waals surface area contributed by atoms with Gasteiger partial charge in [-0.1, -0.05) is 0 Å². The summed E-state index contributed by atoms with van der Waals surface area (Å²) in [6, 6.07) is 4.22. The van der Waals surface area contributed by atoms with E-state index in [-0.39, 0.29) is 28.9 Å². The number of phenols is 1. The van der Waals surface area contributed by atoms with E-state index < -0.39 is 17.6 Å². The van der Waals surface area contributed by atoms with Crippen molar-refractivity contribution in [3.63, 3.8) is 0 Å². The first-order valence-electron chi connectivity index (χ1n) is 8.38. The van der Waals surface area contributed by atoms with Gasteiger partial charge in [-0.15, -0.1) is 0 Å². The van der Waals surface area contributed by atoms with Crippen LogP contribution in [0.25, 0.3) is 0 Å². The number of amides is 1. The van der Waals surface area contributed by atoms with E-state index in [2.05, 4.69) is 20.6 Å². The number of anilines is 3. The molecule has 0 unspecified atom stereocenters. The fourth-order valence-corrected chi connectivity index (χ4v) is 2.68. The fourth-order valence-electron chi connectivity index (χ4n) is 2.68. The third kappa shape index (κ3) is 4.25. The summed E-state index contributed by atoms with van der Waals surface area (Å²) in [5.74, 6) is -1.04. The SMILES string of the molecule is CNc1nc(Nc2ccc(C(=O)N3CCOCC3)cc2O)ncc1C(F)(F)F. The maximum Gasteiger partial charge on any atom is 0.421 e. The van der Waals surface area contributed by atoms with Gasteiger partial charge < -0.3 is 25.4 Å². The van der Waals surface area contributed by atoms with Gasteiger partial charge >= 0.3 is 6.18 Å². The third-order valence-electron chi connectivity index (χ3n) is 4.12. The minimum atomic E-state index is -4.60. The van der Waals surface area contributed by atoms with E-state index in [0.717, 1.165) is 0 Å². The smallest absolute Gasteiger partial charge is 0.421 e. The predicted octanol–water partition coefficient (Wildman–Crippen LogP) is 2.46. The molecule has 2 heterocycles. The van der Waals surface area contributed by atoms with Crippen LogP contribution in [0, 0.1) is 0 Å². The molecule has 1 fully saturated rings. The average molecular weight is 397 g/mol. The second-order valence-electron chi connectivity index (χ2n) is 5.97. The molecule has 0 atom stereocenters. The number of aromatic hydroxyl groups is 1. The van der Waals surface area contributed by atoms with Crippen molar-refractivity contribution in [3.8, 4) is 5.75 Å². The van der Waals surface area contributed by atoms with Crippen molar-refractivity contribution < 1.29 is 27.8 Å². The summed E-state index contributed by atoms with van der Waals surface area (Å²) in [4.78, 5) is 21.5. The molecule has 3 rings (SSSR count). The zero-order valence-corrected chi connectivity index (χ0v) is 14.9. The Morgan fingerprint density at radius 1 is 1.29 bits per heavy atom. The largest absolute Gasteiger partial charge is 0.506 e. The summed E-state index contributed by atoms with van der Waals surface area (Å²) in [5, 5.41) is 15.2. The van der Waals surface area contributed by atoms with Gasteiger partial charge in [0, 0.05) is 31.9 Å². The summed E-state index contributed by atoms with van der Waals surface area (Å²) in [7, 11) is 1.31. The number of aromatic nitrogens is 2. The van der Waals surface area contributed by atoms with Gasteiger partial charge in [-0.2, -0.15) is 18.2 Å². The molecular formula is C17H18F3N5O3. The Morgan fingerprint density at radius 3 is 2.61 bits per heavy atom. The molecule has 1 aromatic heterocycles. The summed E-state index contributed by atoms with van der Waals surface area (Å²) < 4.78 is 43.9. The third-order valence-corrected chi connectivity index (χ3v) is 4.12. The van der Waals surface area contributed by atoms with Crippen LogP contribution in [-0.4, -0.2) is 59.2 Å². The number of carbonyl (C=O) groups is 1. The van der Waals surface area contributed by atoms with Gasteiger partial charge in [0.25, 0.3) is 5.91 Å². The molecule has 1 aromatic carbocycles. The van der Waals surface area contributed by atoms with Crippen LogP contribution in [-0.2, 0) is 10.9 Å². The Kier molecular flexibility index (Phi) is 5.54. The topological polar surface area (TPSA) is 99.6 Å². The average Bonchev–Trinajstić information content (AvgIpc) is 2.68. The van der Waals surface area contributed by atoms with Crippen molar-refractivity contribution in [2.45, 2.75) is 6.18 Å². The summed E-state index contributed by atoms with van der Waals surface area (Å²) in [5.41, 5.74) is -0.564. The minimum Gasteiger partial charge on any atom is -0.506 e. The monoisotopic (exact) mass is 397 g/mol. The summed E-state index contributed by atoms with van der Waals surface area (Å²) in [6.07, 6.45) is -3.95. The normalized spacial score (nSPS) is 14.6. The molecule has 1 aliphatic rings. The van der Waals surface area contributed by atoms with Gasteiger partial charge in [0.2, 0.25) is 5.95 Å². The Morgan fingerprint density at radius 2 is 2.00 bits per heavy atom. The lowest BCUT2D eigenvalue weighted by Crippen LogP contribution is -2.40. The number of halogens is 3. The number of nitrogens with one attached hydrogen (secondary N) is 2.